The van der Waals surface area contributed by atoms with E-state index in [9.17, 15) is 23.6 Å². The third-order valence-electron chi connectivity index (χ3n) is 7.09. The van der Waals surface area contributed by atoms with E-state index in [1.165, 1.54) is 24.3 Å². The topological polar surface area (TPSA) is 126 Å². The fraction of sp³-hybridized carbons (Fsp3) is 0.643. The average Bonchev–Trinajstić information content (AvgIpc) is 2.96. The van der Waals surface area contributed by atoms with Crippen LogP contribution in [0, 0.1) is 11.7 Å². The molecule has 0 bridgehead atoms. The molecule has 3 rings (SSSR count). The van der Waals surface area contributed by atoms with Gasteiger partial charge in [-0.2, -0.15) is 0 Å². The number of ether oxygens (including phenoxy) is 2. The molecule has 1 heterocycles. The summed E-state index contributed by atoms with van der Waals surface area (Å²) in [6.45, 7) is 3.91. The van der Waals surface area contributed by atoms with Crippen LogP contribution >= 0.6 is 0 Å². The Kier molecular flexibility index (Phi) is 12.6. The van der Waals surface area contributed by atoms with Gasteiger partial charge < -0.3 is 30.3 Å². The summed E-state index contributed by atoms with van der Waals surface area (Å²) in [5.41, 5.74) is 0.250. The first kappa shape index (κ1) is 30.5. The first-order valence-corrected chi connectivity index (χ1v) is 14.0. The van der Waals surface area contributed by atoms with Crippen LogP contribution in [0.2, 0.25) is 0 Å². The predicted octanol–water partition coefficient (Wildman–Crippen LogP) is 3.02. The van der Waals surface area contributed by atoms with Crippen LogP contribution in [0.4, 0.5) is 14.9 Å². The summed E-state index contributed by atoms with van der Waals surface area (Å²) in [4.78, 5) is 53.9. The first-order valence-electron chi connectivity index (χ1n) is 14.0. The van der Waals surface area contributed by atoms with Crippen LogP contribution in [0.1, 0.15) is 58.3 Å². The molecule has 10 nitrogen and oxygen atoms in total. The van der Waals surface area contributed by atoms with Crippen molar-refractivity contribution in [3.8, 4) is 0 Å². The number of nitrogens with zero attached hydrogens (tertiary/aromatic N) is 1. The van der Waals surface area contributed by atoms with E-state index in [1.807, 2.05) is 6.92 Å². The molecular weight excluding hydrogens is 507 g/mol. The smallest absolute Gasteiger partial charge is 0.318 e. The second-order valence-electron chi connectivity index (χ2n) is 10.2. The Hall–Kier alpha value is -3.05. The Morgan fingerprint density at radius 2 is 1.72 bits per heavy atom. The van der Waals surface area contributed by atoms with Gasteiger partial charge in [0.25, 0.3) is 5.91 Å². The Balaban J connectivity index is 1.70. The lowest BCUT2D eigenvalue weighted by atomic mass is 9.84. The third kappa shape index (κ3) is 10.2. The number of halogens is 1. The Morgan fingerprint density at radius 1 is 1.03 bits per heavy atom. The molecule has 39 heavy (non-hydrogen) atoms. The maximum Gasteiger partial charge on any atom is 0.318 e. The van der Waals surface area contributed by atoms with Crippen molar-refractivity contribution in [2.75, 3.05) is 44.8 Å². The molecule has 1 unspecified atom stereocenters. The molecule has 1 aromatic rings. The molecule has 2 fully saturated rings. The number of amides is 4. The number of morpholine rings is 1. The zero-order chi connectivity index (χ0) is 28.0. The van der Waals surface area contributed by atoms with Gasteiger partial charge in [0.1, 0.15) is 17.9 Å². The van der Waals surface area contributed by atoms with Crippen LogP contribution in [0.15, 0.2) is 24.3 Å². The van der Waals surface area contributed by atoms with E-state index >= 15 is 0 Å². The molecule has 2 atom stereocenters. The summed E-state index contributed by atoms with van der Waals surface area (Å²) >= 11 is 0. The molecule has 1 aromatic carbocycles. The molecule has 0 spiro atoms. The number of ketones is 1. The maximum absolute atomic E-state index is 13.5. The van der Waals surface area contributed by atoms with Gasteiger partial charge in [-0.05, 0) is 43.0 Å². The van der Waals surface area contributed by atoms with Crippen LogP contribution in [-0.4, -0.2) is 80.1 Å². The molecule has 4 amide bonds. The van der Waals surface area contributed by atoms with E-state index in [4.69, 9.17) is 9.47 Å². The van der Waals surface area contributed by atoms with E-state index in [1.54, 1.807) is 4.90 Å². The number of rotatable bonds is 13. The molecule has 2 aliphatic rings. The van der Waals surface area contributed by atoms with Crippen molar-refractivity contribution < 1.29 is 33.0 Å². The van der Waals surface area contributed by atoms with E-state index in [0.29, 0.717) is 39.3 Å². The molecule has 216 valence electrons. The van der Waals surface area contributed by atoms with Crippen molar-refractivity contribution in [3.63, 3.8) is 0 Å². The predicted molar refractivity (Wildman–Crippen MR) is 144 cm³/mol. The maximum atomic E-state index is 13.5. The zero-order valence-corrected chi connectivity index (χ0v) is 22.7. The Bertz CT molecular complexity index is 948. The highest BCUT2D eigenvalue weighted by Gasteiger charge is 2.33. The second kappa shape index (κ2) is 16.1. The van der Waals surface area contributed by atoms with Crippen LogP contribution in [0.3, 0.4) is 0 Å². The van der Waals surface area contributed by atoms with E-state index in [2.05, 4.69) is 16.0 Å². The molecule has 1 aliphatic heterocycles. The number of carbonyl (C=O) groups excluding carboxylic acids is 4. The molecule has 1 saturated carbocycles. The normalized spacial score (nSPS) is 17.6. The lowest BCUT2D eigenvalue weighted by molar-refractivity contribution is -0.138. The molecule has 0 aromatic heterocycles. The Morgan fingerprint density at radius 3 is 2.38 bits per heavy atom. The van der Waals surface area contributed by atoms with Crippen LogP contribution in [0.5, 0.6) is 0 Å². The summed E-state index contributed by atoms with van der Waals surface area (Å²) < 4.78 is 24.2. The quantitative estimate of drug-likeness (QED) is 0.257. The van der Waals surface area contributed by atoms with Crippen molar-refractivity contribution in [3.05, 3.63) is 30.1 Å². The van der Waals surface area contributed by atoms with Gasteiger partial charge in [0, 0.05) is 25.4 Å². The van der Waals surface area contributed by atoms with Gasteiger partial charge in [-0.1, -0.05) is 45.4 Å². The third-order valence-corrected chi connectivity index (χ3v) is 7.09. The largest absolute Gasteiger partial charge is 0.379 e. The molecule has 3 N–H and O–H groups in total. The van der Waals surface area contributed by atoms with E-state index in [0.717, 1.165) is 44.9 Å². The van der Waals surface area contributed by atoms with Gasteiger partial charge in [-0.15, -0.1) is 0 Å². The van der Waals surface area contributed by atoms with Crippen molar-refractivity contribution in [1.82, 2.24) is 15.5 Å². The van der Waals surface area contributed by atoms with Crippen molar-refractivity contribution in [2.45, 2.75) is 70.4 Å². The van der Waals surface area contributed by atoms with Crippen molar-refractivity contribution >= 4 is 29.3 Å². The molecular formula is C28H41FN4O6. The first-order chi connectivity index (χ1) is 18.9. The number of anilines is 1. The van der Waals surface area contributed by atoms with Gasteiger partial charge >= 0.3 is 6.03 Å². The summed E-state index contributed by atoms with van der Waals surface area (Å²) in [5, 5.41) is 7.98. The second-order valence-corrected chi connectivity index (χ2v) is 10.2. The number of benzene rings is 1. The van der Waals surface area contributed by atoms with E-state index < -0.39 is 35.5 Å². The lowest BCUT2D eigenvalue weighted by Crippen LogP contribution is -2.57. The van der Waals surface area contributed by atoms with Crippen LogP contribution < -0.4 is 16.0 Å². The minimum Gasteiger partial charge on any atom is -0.379 e. The molecule has 11 heteroatoms. The van der Waals surface area contributed by atoms with Crippen molar-refractivity contribution in [2.24, 2.45) is 5.92 Å². The van der Waals surface area contributed by atoms with Gasteiger partial charge in [0.05, 0.1) is 19.8 Å². The highest BCUT2D eigenvalue weighted by molar-refractivity contribution is 6.42. The number of hydrogen-bond acceptors (Lipinski definition) is 6. The number of hydrogen-bond donors (Lipinski definition) is 3. The number of nitrogens with one attached hydrogen (secondary N) is 3. The van der Waals surface area contributed by atoms with Crippen LogP contribution in [0.25, 0.3) is 0 Å². The minimum absolute atomic E-state index is 0.186. The molecule has 1 aliphatic carbocycles. The minimum atomic E-state index is -1.25. The zero-order valence-electron chi connectivity index (χ0n) is 22.7. The molecule has 0 radical (unpaired) electrons. The van der Waals surface area contributed by atoms with Gasteiger partial charge in [0.2, 0.25) is 11.7 Å². The number of carbonyl (C=O) groups is 4. The lowest BCUT2D eigenvalue weighted by Gasteiger charge is -2.31. The summed E-state index contributed by atoms with van der Waals surface area (Å²) in [7, 11) is 0. The van der Waals surface area contributed by atoms with Crippen LogP contribution in [-0.2, 0) is 23.9 Å². The molecule has 1 saturated heterocycles. The summed E-state index contributed by atoms with van der Waals surface area (Å²) in [6, 6.07) is 2.55. The van der Waals surface area contributed by atoms with E-state index in [-0.39, 0.29) is 24.2 Å². The van der Waals surface area contributed by atoms with Crippen molar-refractivity contribution in [1.29, 1.82) is 0 Å². The standard InChI is InChI=1S/C28H41FN4O6/c1-2-3-15-39-19-24(25(34)27(36)30-22-11-9-21(29)10-12-22)31-26(35)23(18-20-7-5-4-6-8-20)32-28(37)33-13-16-38-17-14-33/h9-12,20,23-24H,2-8,13-19H2,1H3,(H,30,36)(H,31,35)(H,32,37)/t23-,24?/m0/s1. The highest BCUT2D eigenvalue weighted by Crippen LogP contribution is 2.27. The fourth-order valence-electron chi connectivity index (χ4n) is 4.78. The average molecular weight is 549 g/mol. The fourth-order valence-corrected chi connectivity index (χ4v) is 4.78. The van der Waals surface area contributed by atoms with Gasteiger partial charge in [-0.25, -0.2) is 9.18 Å². The SMILES string of the molecule is CCCCOCC(NC(=O)[C@H](CC1CCCCC1)NC(=O)N1CCOCC1)C(=O)C(=O)Nc1ccc(F)cc1. The summed E-state index contributed by atoms with van der Waals surface area (Å²) in [5.74, 6) is -2.57. The Labute approximate surface area is 229 Å². The van der Waals surface area contributed by atoms with Gasteiger partial charge in [0.15, 0.2) is 0 Å². The number of urea groups is 1. The van der Waals surface area contributed by atoms with Gasteiger partial charge in [-0.3, -0.25) is 14.4 Å². The number of unbranched alkanes of at least 4 members (excludes halogenated alkanes) is 1. The summed E-state index contributed by atoms with van der Waals surface area (Å²) in [6.07, 6.45) is 7.34. The number of Topliss-reactive ketones (excluding diaryl/α,β-unsaturated/α-hetero) is 1. The highest BCUT2D eigenvalue weighted by atomic mass is 19.1. The monoisotopic (exact) mass is 548 g/mol.